The molecule has 168 valence electrons. The van der Waals surface area contributed by atoms with Crippen molar-refractivity contribution in [2.24, 2.45) is 17.8 Å². The average Bonchev–Trinajstić information content (AvgIpc) is 3.09. The van der Waals surface area contributed by atoms with Gasteiger partial charge in [0.15, 0.2) is 10.8 Å². The van der Waals surface area contributed by atoms with Crippen LogP contribution in [0.1, 0.15) is 38.5 Å². The summed E-state index contributed by atoms with van der Waals surface area (Å²) in [6.45, 7) is 0. The van der Waals surface area contributed by atoms with E-state index < -0.39 is 0 Å². The zero-order valence-electron chi connectivity index (χ0n) is 17.8. The highest BCUT2D eigenvalue weighted by Crippen LogP contribution is 2.52. The van der Waals surface area contributed by atoms with E-state index in [9.17, 15) is 4.79 Å². The maximum atomic E-state index is 12.2. The van der Waals surface area contributed by atoms with Crippen LogP contribution in [-0.2, 0) is 4.79 Å². The van der Waals surface area contributed by atoms with E-state index in [-0.39, 0.29) is 17.9 Å². The van der Waals surface area contributed by atoms with Gasteiger partial charge in [-0.05, 0) is 80.0 Å². The highest BCUT2D eigenvalue weighted by atomic mass is 32.2. The second-order valence-electron chi connectivity index (χ2n) is 9.26. The normalized spacial score (nSPS) is 24.1. The molecule has 3 saturated carbocycles. The SMILES string of the molecule is O=C(Nc1nc2ccc(Sc3nnc4ccc(OC5CC6CC6C5)nn34)cc2s1)C1CCC1. The predicted molar refractivity (Wildman–Crippen MR) is 126 cm³/mol. The molecular formula is C23H22N6O2S2. The van der Waals surface area contributed by atoms with Gasteiger partial charge in [0, 0.05) is 16.9 Å². The Hall–Kier alpha value is -2.72. The van der Waals surface area contributed by atoms with E-state index in [4.69, 9.17) is 4.74 Å². The van der Waals surface area contributed by atoms with Gasteiger partial charge in [-0.25, -0.2) is 4.98 Å². The van der Waals surface area contributed by atoms with Crippen molar-refractivity contribution in [3.05, 3.63) is 30.3 Å². The lowest BCUT2D eigenvalue weighted by molar-refractivity contribution is -0.122. The van der Waals surface area contributed by atoms with Gasteiger partial charge in [-0.15, -0.1) is 15.3 Å². The largest absolute Gasteiger partial charge is 0.473 e. The first kappa shape index (κ1) is 19.7. The lowest BCUT2D eigenvalue weighted by Gasteiger charge is -2.23. The number of nitrogens with one attached hydrogen (secondary N) is 1. The Morgan fingerprint density at radius 3 is 2.82 bits per heavy atom. The minimum absolute atomic E-state index is 0.0866. The molecule has 10 heteroatoms. The number of carbonyl (C=O) groups is 1. The number of thiazole rings is 1. The molecule has 1 amide bonds. The molecule has 33 heavy (non-hydrogen) atoms. The number of carbonyl (C=O) groups excluding carboxylic acids is 1. The highest BCUT2D eigenvalue weighted by Gasteiger charge is 2.47. The van der Waals surface area contributed by atoms with Gasteiger partial charge >= 0.3 is 0 Å². The second-order valence-corrected chi connectivity index (χ2v) is 11.3. The maximum Gasteiger partial charge on any atom is 0.232 e. The molecule has 4 aromatic rings. The Labute approximate surface area is 198 Å². The molecule has 0 radical (unpaired) electrons. The van der Waals surface area contributed by atoms with E-state index in [0.29, 0.717) is 21.8 Å². The summed E-state index contributed by atoms with van der Waals surface area (Å²) in [7, 11) is 0. The third-order valence-corrected chi connectivity index (χ3v) is 8.83. The van der Waals surface area contributed by atoms with Gasteiger partial charge in [-0.3, -0.25) is 4.79 Å². The molecule has 0 aliphatic heterocycles. The Kier molecular flexibility index (Phi) is 4.58. The van der Waals surface area contributed by atoms with Crippen LogP contribution in [0.4, 0.5) is 5.13 Å². The molecule has 0 saturated heterocycles. The Balaban J connectivity index is 1.10. The number of amides is 1. The second kappa shape index (κ2) is 7.66. The summed E-state index contributed by atoms with van der Waals surface area (Å²) in [5.41, 5.74) is 1.57. The lowest BCUT2D eigenvalue weighted by Crippen LogP contribution is -2.27. The molecule has 1 N–H and O–H groups in total. The van der Waals surface area contributed by atoms with E-state index in [1.54, 1.807) is 4.52 Å². The van der Waals surface area contributed by atoms with Gasteiger partial charge < -0.3 is 10.1 Å². The number of benzene rings is 1. The Morgan fingerprint density at radius 1 is 1.12 bits per heavy atom. The van der Waals surface area contributed by atoms with Crippen LogP contribution in [0.15, 0.2) is 40.4 Å². The summed E-state index contributed by atoms with van der Waals surface area (Å²) in [5, 5.41) is 17.6. The fraction of sp³-hybridized carbons (Fsp3) is 0.435. The van der Waals surface area contributed by atoms with Crippen LogP contribution in [0.5, 0.6) is 5.88 Å². The number of anilines is 1. The fourth-order valence-electron chi connectivity index (χ4n) is 4.81. The fourth-order valence-corrected chi connectivity index (χ4v) is 6.62. The van der Waals surface area contributed by atoms with E-state index in [1.807, 2.05) is 24.3 Å². The topological polar surface area (TPSA) is 94.3 Å². The zero-order valence-corrected chi connectivity index (χ0v) is 19.4. The van der Waals surface area contributed by atoms with Gasteiger partial charge in [-0.1, -0.05) is 17.8 Å². The van der Waals surface area contributed by atoms with Gasteiger partial charge in [0.1, 0.15) is 6.10 Å². The molecule has 3 heterocycles. The smallest absolute Gasteiger partial charge is 0.232 e. The van der Waals surface area contributed by atoms with Gasteiger partial charge in [0.25, 0.3) is 0 Å². The van der Waals surface area contributed by atoms with Gasteiger partial charge in [-0.2, -0.15) is 4.52 Å². The summed E-state index contributed by atoms with van der Waals surface area (Å²) < 4.78 is 8.91. The molecule has 2 unspecified atom stereocenters. The Morgan fingerprint density at radius 2 is 2.00 bits per heavy atom. The molecule has 0 bridgehead atoms. The molecule has 0 spiro atoms. The first-order chi connectivity index (χ1) is 16.2. The third kappa shape index (κ3) is 3.74. The molecule has 7 rings (SSSR count). The van der Waals surface area contributed by atoms with E-state index in [0.717, 1.165) is 59.1 Å². The van der Waals surface area contributed by atoms with Crippen LogP contribution < -0.4 is 10.1 Å². The van der Waals surface area contributed by atoms with Crippen LogP contribution in [0.2, 0.25) is 0 Å². The molecule has 3 fully saturated rings. The number of rotatable bonds is 6. The number of hydrogen-bond acceptors (Lipinski definition) is 8. The summed E-state index contributed by atoms with van der Waals surface area (Å²) in [6, 6.07) is 9.84. The van der Waals surface area contributed by atoms with Crippen LogP contribution in [0.3, 0.4) is 0 Å². The highest BCUT2D eigenvalue weighted by molar-refractivity contribution is 7.99. The van der Waals surface area contributed by atoms with Gasteiger partial charge in [0.2, 0.25) is 16.9 Å². The molecule has 8 nitrogen and oxygen atoms in total. The van der Waals surface area contributed by atoms with Crippen molar-refractivity contribution in [2.75, 3.05) is 5.32 Å². The standard InChI is InChI=1S/C23H22N6O2S2/c30-21(12-2-1-3-12)25-22-24-17-5-4-16(11-18(17)33-22)32-23-27-26-19-6-7-20(28-29(19)23)31-15-9-13-8-14(13)10-15/h4-7,11-15H,1-3,8-10H2,(H,24,25,30). The van der Waals surface area contributed by atoms with Crippen LogP contribution in [-0.4, -0.2) is 36.8 Å². The molecular weight excluding hydrogens is 456 g/mol. The molecule has 3 aliphatic carbocycles. The van der Waals surface area contributed by atoms with E-state index in [1.165, 1.54) is 29.5 Å². The number of ether oxygens (including phenoxy) is 1. The molecule has 1 aromatic carbocycles. The Bertz CT molecular complexity index is 1370. The molecule has 3 aromatic heterocycles. The zero-order chi connectivity index (χ0) is 21.9. The van der Waals surface area contributed by atoms with Crippen LogP contribution in [0, 0.1) is 17.8 Å². The summed E-state index contributed by atoms with van der Waals surface area (Å²) in [4.78, 5) is 17.8. The number of nitrogens with zero attached hydrogens (tertiary/aromatic N) is 5. The number of aromatic nitrogens is 5. The quantitative estimate of drug-likeness (QED) is 0.425. The monoisotopic (exact) mass is 478 g/mol. The van der Waals surface area contributed by atoms with Crippen molar-refractivity contribution in [3.8, 4) is 5.88 Å². The van der Waals surface area contributed by atoms with E-state index >= 15 is 0 Å². The minimum Gasteiger partial charge on any atom is -0.473 e. The van der Waals surface area contributed by atoms with Crippen molar-refractivity contribution in [2.45, 2.75) is 54.7 Å². The number of fused-ring (bicyclic) bond motifs is 3. The van der Waals surface area contributed by atoms with Crippen molar-refractivity contribution < 1.29 is 9.53 Å². The van der Waals surface area contributed by atoms with Crippen molar-refractivity contribution in [3.63, 3.8) is 0 Å². The predicted octanol–water partition coefficient (Wildman–Crippen LogP) is 4.80. The van der Waals surface area contributed by atoms with Gasteiger partial charge in [0.05, 0.1) is 10.2 Å². The first-order valence-electron chi connectivity index (χ1n) is 11.5. The average molecular weight is 479 g/mol. The summed E-state index contributed by atoms with van der Waals surface area (Å²) >= 11 is 3.00. The third-order valence-electron chi connectivity index (χ3n) is 6.97. The van der Waals surface area contributed by atoms with Crippen LogP contribution in [0.25, 0.3) is 15.9 Å². The molecule has 3 aliphatic rings. The molecule has 2 atom stereocenters. The van der Waals surface area contributed by atoms with Crippen molar-refractivity contribution in [1.29, 1.82) is 0 Å². The number of hydrogen-bond donors (Lipinski definition) is 1. The van der Waals surface area contributed by atoms with E-state index in [2.05, 4.69) is 31.7 Å². The van der Waals surface area contributed by atoms with Crippen molar-refractivity contribution in [1.82, 2.24) is 24.8 Å². The lowest BCUT2D eigenvalue weighted by atomic mass is 9.85. The summed E-state index contributed by atoms with van der Waals surface area (Å²) in [6.07, 6.45) is 7.03. The van der Waals surface area contributed by atoms with Crippen molar-refractivity contribution >= 4 is 50.0 Å². The minimum atomic E-state index is 0.0866. The maximum absolute atomic E-state index is 12.2. The first-order valence-corrected chi connectivity index (χ1v) is 13.1. The summed E-state index contributed by atoms with van der Waals surface area (Å²) in [5.74, 6) is 2.59. The van der Waals surface area contributed by atoms with Crippen LogP contribution >= 0.6 is 23.1 Å².